The summed E-state index contributed by atoms with van der Waals surface area (Å²) in [6, 6.07) is 15.8. The quantitative estimate of drug-likeness (QED) is 0.768. The zero-order chi connectivity index (χ0) is 16.2. The number of benzene rings is 2. The van der Waals surface area contributed by atoms with Crippen molar-refractivity contribution in [3.05, 3.63) is 59.5 Å². The molecule has 3 aromatic rings. The van der Waals surface area contributed by atoms with Crippen LogP contribution < -0.4 is 15.4 Å². The molecular weight excluding hydrogens is 312 g/mol. The van der Waals surface area contributed by atoms with E-state index in [1.807, 2.05) is 24.3 Å². The third kappa shape index (κ3) is 3.32. The van der Waals surface area contributed by atoms with Crippen LogP contribution in [-0.4, -0.2) is 19.0 Å². The van der Waals surface area contributed by atoms with E-state index in [0.29, 0.717) is 16.3 Å². The number of amides is 3. The first-order valence-electron chi connectivity index (χ1n) is 6.91. The number of rotatable bonds is 3. The number of ether oxygens (including phenoxy) is 1. The molecule has 0 saturated heterocycles. The molecule has 0 atom stereocenters. The fourth-order valence-corrected chi connectivity index (χ4v) is 3.12. The molecule has 1 heterocycles. The molecule has 116 valence electrons. The van der Waals surface area contributed by atoms with E-state index in [0.717, 1.165) is 10.1 Å². The van der Waals surface area contributed by atoms with Crippen LogP contribution in [0.3, 0.4) is 0 Å². The first kappa shape index (κ1) is 15.1. The van der Waals surface area contributed by atoms with Crippen molar-refractivity contribution in [1.82, 2.24) is 5.32 Å². The normalized spacial score (nSPS) is 10.3. The Morgan fingerprint density at radius 2 is 1.78 bits per heavy atom. The van der Waals surface area contributed by atoms with Crippen molar-refractivity contribution in [2.24, 2.45) is 0 Å². The summed E-state index contributed by atoms with van der Waals surface area (Å²) in [4.78, 5) is 24.6. The Hall–Kier alpha value is -2.86. The summed E-state index contributed by atoms with van der Waals surface area (Å²) in [6.07, 6.45) is 0. The fourth-order valence-electron chi connectivity index (χ4n) is 2.16. The summed E-state index contributed by atoms with van der Waals surface area (Å²) in [5.74, 6) is 0.0931. The number of imide groups is 1. The Morgan fingerprint density at radius 3 is 2.57 bits per heavy atom. The van der Waals surface area contributed by atoms with Gasteiger partial charge in [0.05, 0.1) is 17.7 Å². The predicted octanol–water partition coefficient (Wildman–Crippen LogP) is 3.87. The van der Waals surface area contributed by atoms with E-state index in [4.69, 9.17) is 4.74 Å². The lowest BCUT2D eigenvalue weighted by molar-refractivity contribution is 0.0971. The van der Waals surface area contributed by atoms with Crippen molar-refractivity contribution in [1.29, 1.82) is 0 Å². The second kappa shape index (κ2) is 6.50. The van der Waals surface area contributed by atoms with Gasteiger partial charge in [-0.15, -0.1) is 11.3 Å². The van der Waals surface area contributed by atoms with Crippen LogP contribution in [-0.2, 0) is 0 Å². The van der Waals surface area contributed by atoms with E-state index < -0.39 is 11.9 Å². The summed E-state index contributed by atoms with van der Waals surface area (Å²) >= 11 is 1.34. The van der Waals surface area contributed by atoms with Crippen molar-refractivity contribution in [3.63, 3.8) is 0 Å². The predicted molar refractivity (Wildman–Crippen MR) is 91.3 cm³/mol. The molecule has 0 radical (unpaired) electrons. The van der Waals surface area contributed by atoms with Gasteiger partial charge in [0, 0.05) is 4.70 Å². The van der Waals surface area contributed by atoms with Gasteiger partial charge in [0.1, 0.15) is 5.75 Å². The van der Waals surface area contributed by atoms with Crippen LogP contribution in [0.2, 0.25) is 0 Å². The Morgan fingerprint density at radius 1 is 1.04 bits per heavy atom. The summed E-state index contributed by atoms with van der Waals surface area (Å²) < 4.78 is 6.15. The van der Waals surface area contributed by atoms with Gasteiger partial charge in [0.25, 0.3) is 5.91 Å². The second-order valence-corrected chi connectivity index (χ2v) is 5.84. The highest BCUT2D eigenvalue weighted by Crippen LogP contribution is 2.25. The molecule has 23 heavy (non-hydrogen) atoms. The highest BCUT2D eigenvalue weighted by molar-refractivity contribution is 7.20. The Labute approximate surface area is 136 Å². The number of methoxy groups -OCH3 is 1. The molecular formula is C17H14N2O3S. The third-order valence-corrected chi connectivity index (χ3v) is 4.35. The largest absolute Gasteiger partial charge is 0.495 e. The molecule has 3 rings (SSSR count). The molecule has 1 aromatic heterocycles. The number of urea groups is 1. The number of carbonyl (C=O) groups is 2. The van der Waals surface area contributed by atoms with E-state index in [2.05, 4.69) is 10.6 Å². The number of anilines is 1. The molecule has 0 saturated carbocycles. The van der Waals surface area contributed by atoms with Crippen molar-refractivity contribution in [2.75, 3.05) is 12.4 Å². The Kier molecular flexibility index (Phi) is 4.25. The molecule has 0 aliphatic carbocycles. The lowest BCUT2D eigenvalue weighted by Crippen LogP contribution is -2.33. The average Bonchev–Trinajstić information content (AvgIpc) is 2.99. The number of para-hydroxylation sites is 2. The minimum atomic E-state index is -0.600. The van der Waals surface area contributed by atoms with Gasteiger partial charge < -0.3 is 10.1 Å². The molecule has 5 nitrogen and oxygen atoms in total. The van der Waals surface area contributed by atoms with Gasteiger partial charge in [-0.1, -0.05) is 30.3 Å². The van der Waals surface area contributed by atoms with Crippen molar-refractivity contribution in [2.45, 2.75) is 0 Å². The Bertz CT molecular complexity index is 840. The summed E-state index contributed by atoms with van der Waals surface area (Å²) in [7, 11) is 1.51. The SMILES string of the molecule is COc1ccccc1NC(=O)NC(=O)c1cc2ccccc2s1. The van der Waals surface area contributed by atoms with Gasteiger partial charge in [-0.05, 0) is 29.7 Å². The highest BCUT2D eigenvalue weighted by Gasteiger charge is 2.14. The fraction of sp³-hybridized carbons (Fsp3) is 0.0588. The van der Waals surface area contributed by atoms with Crippen LogP contribution in [0.15, 0.2) is 54.6 Å². The van der Waals surface area contributed by atoms with Gasteiger partial charge in [0.15, 0.2) is 0 Å². The molecule has 0 aliphatic rings. The van der Waals surface area contributed by atoms with E-state index in [1.165, 1.54) is 18.4 Å². The summed E-state index contributed by atoms with van der Waals surface area (Å²) in [6.45, 7) is 0. The minimum absolute atomic E-state index is 0.432. The number of hydrogen-bond donors (Lipinski definition) is 2. The summed E-state index contributed by atoms with van der Waals surface area (Å²) in [5, 5.41) is 5.91. The van der Waals surface area contributed by atoms with Gasteiger partial charge in [0.2, 0.25) is 0 Å². The number of fused-ring (bicyclic) bond motifs is 1. The van der Waals surface area contributed by atoms with Crippen molar-refractivity contribution in [3.8, 4) is 5.75 Å². The number of nitrogens with one attached hydrogen (secondary N) is 2. The first-order valence-corrected chi connectivity index (χ1v) is 7.73. The topological polar surface area (TPSA) is 67.4 Å². The number of carbonyl (C=O) groups excluding carboxylic acids is 2. The Balaban J connectivity index is 1.71. The van der Waals surface area contributed by atoms with Gasteiger partial charge in [-0.2, -0.15) is 0 Å². The second-order valence-electron chi connectivity index (χ2n) is 4.76. The maximum Gasteiger partial charge on any atom is 0.326 e. The molecule has 0 spiro atoms. The van der Waals surface area contributed by atoms with E-state index in [-0.39, 0.29) is 0 Å². The monoisotopic (exact) mass is 326 g/mol. The molecule has 0 unspecified atom stereocenters. The first-order chi connectivity index (χ1) is 11.2. The van der Waals surface area contributed by atoms with Crippen LogP contribution in [0.1, 0.15) is 9.67 Å². The van der Waals surface area contributed by atoms with Gasteiger partial charge in [-0.25, -0.2) is 4.79 Å². The van der Waals surface area contributed by atoms with Crippen LogP contribution in [0.5, 0.6) is 5.75 Å². The van der Waals surface area contributed by atoms with Crippen LogP contribution in [0, 0.1) is 0 Å². The molecule has 3 amide bonds. The number of hydrogen-bond acceptors (Lipinski definition) is 4. The number of thiophene rings is 1. The third-order valence-electron chi connectivity index (χ3n) is 3.23. The zero-order valence-electron chi connectivity index (χ0n) is 12.3. The lowest BCUT2D eigenvalue weighted by Gasteiger charge is -2.09. The maximum atomic E-state index is 12.2. The molecule has 0 fully saturated rings. The standard InChI is InChI=1S/C17H14N2O3S/c1-22-13-8-4-3-7-12(13)18-17(21)19-16(20)15-10-11-6-2-5-9-14(11)23-15/h2-10H,1H3,(H2,18,19,20,21). The van der Waals surface area contributed by atoms with Gasteiger partial charge in [-0.3, -0.25) is 10.1 Å². The average molecular weight is 326 g/mol. The van der Waals surface area contributed by atoms with Crippen molar-refractivity contribution >= 4 is 39.0 Å². The minimum Gasteiger partial charge on any atom is -0.495 e. The van der Waals surface area contributed by atoms with Crippen molar-refractivity contribution < 1.29 is 14.3 Å². The van der Waals surface area contributed by atoms with E-state index in [1.54, 1.807) is 30.3 Å². The van der Waals surface area contributed by atoms with Crippen LogP contribution in [0.25, 0.3) is 10.1 Å². The van der Waals surface area contributed by atoms with E-state index >= 15 is 0 Å². The molecule has 2 N–H and O–H groups in total. The zero-order valence-corrected chi connectivity index (χ0v) is 13.1. The molecule has 6 heteroatoms. The lowest BCUT2D eigenvalue weighted by atomic mass is 10.2. The van der Waals surface area contributed by atoms with E-state index in [9.17, 15) is 9.59 Å². The van der Waals surface area contributed by atoms with Crippen LogP contribution >= 0.6 is 11.3 Å². The smallest absolute Gasteiger partial charge is 0.326 e. The van der Waals surface area contributed by atoms with Gasteiger partial charge >= 0.3 is 6.03 Å². The highest BCUT2D eigenvalue weighted by atomic mass is 32.1. The molecule has 0 aliphatic heterocycles. The molecule has 0 bridgehead atoms. The maximum absolute atomic E-state index is 12.2. The molecule has 2 aromatic carbocycles. The van der Waals surface area contributed by atoms with Crippen LogP contribution in [0.4, 0.5) is 10.5 Å². The summed E-state index contributed by atoms with van der Waals surface area (Å²) in [5.41, 5.74) is 0.497.